The minimum absolute atomic E-state index is 0.184. The Morgan fingerprint density at radius 3 is 1.07 bits per heavy atom. The molecule has 0 unspecified atom stereocenters. The first-order chi connectivity index (χ1) is 14.4. The SMILES string of the molecule is O=C(O)CCC(=O)O.O=C(S)C(c1ccccc1)(c1ccccc1)c1ccccc1. The van der Waals surface area contributed by atoms with Gasteiger partial charge >= 0.3 is 11.9 Å². The second-order valence-electron chi connectivity index (χ2n) is 6.44. The van der Waals surface area contributed by atoms with E-state index in [4.69, 9.17) is 10.2 Å². The number of carboxylic acid groups (broad SMARTS) is 2. The summed E-state index contributed by atoms with van der Waals surface area (Å²) in [5.74, 6) is -2.15. The first-order valence-electron chi connectivity index (χ1n) is 9.22. The van der Waals surface area contributed by atoms with Gasteiger partial charge in [-0.3, -0.25) is 14.4 Å². The van der Waals surface area contributed by atoms with Gasteiger partial charge in [0, 0.05) is 0 Å². The van der Waals surface area contributed by atoms with Gasteiger partial charge < -0.3 is 10.2 Å². The summed E-state index contributed by atoms with van der Waals surface area (Å²) >= 11 is 4.27. The quantitative estimate of drug-likeness (QED) is 0.387. The van der Waals surface area contributed by atoms with Crippen LogP contribution in [-0.4, -0.2) is 27.3 Å². The third-order valence-corrected chi connectivity index (χ3v) is 4.83. The average Bonchev–Trinajstić information content (AvgIpc) is 2.75. The minimum atomic E-state index is -1.08. The van der Waals surface area contributed by atoms with Crippen molar-refractivity contribution >= 4 is 29.7 Å². The number of carboxylic acids is 2. The van der Waals surface area contributed by atoms with Crippen LogP contribution < -0.4 is 0 Å². The zero-order valence-corrected chi connectivity index (χ0v) is 17.0. The molecular weight excluding hydrogens is 400 g/mol. The summed E-state index contributed by atoms with van der Waals surface area (Å²) in [6, 6.07) is 29.4. The highest BCUT2D eigenvalue weighted by Gasteiger charge is 2.41. The molecule has 0 atom stereocenters. The summed E-state index contributed by atoms with van der Waals surface area (Å²) in [5.41, 5.74) is 1.87. The van der Waals surface area contributed by atoms with Gasteiger partial charge in [-0.25, -0.2) is 0 Å². The van der Waals surface area contributed by atoms with Gasteiger partial charge in [0.25, 0.3) is 0 Å². The summed E-state index contributed by atoms with van der Waals surface area (Å²) in [7, 11) is 0. The van der Waals surface area contributed by atoms with Crippen molar-refractivity contribution in [1.82, 2.24) is 0 Å². The van der Waals surface area contributed by atoms with E-state index >= 15 is 0 Å². The van der Waals surface area contributed by atoms with Crippen molar-refractivity contribution in [2.24, 2.45) is 0 Å². The topological polar surface area (TPSA) is 91.7 Å². The predicted molar refractivity (Wildman–Crippen MR) is 118 cm³/mol. The maximum atomic E-state index is 12.7. The Morgan fingerprint density at radius 2 is 0.867 bits per heavy atom. The van der Waals surface area contributed by atoms with Crippen molar-refractivity contribution < 1.29 is 24.6 Å². The summed E-state index contributed by atoms with van der Waals surface area (Å²) in [6.07, 6.45) is -0.593. The second kappa shape index (κ2) is 11.0. The third kappa shape index (κ3) is 5.58. The van der Waals surface area contributed by atoms with E-state index in [1.807, 2.05) is 91.0 Å². The van der Waals surface area contributed by atoms with Gasteiger partial charge in [-0.1, -0.05) is 91.0 Å². The molecule has 30 heavy (non-hydrogen) atoms. The molecule has 2 N–H and O–H groups in total. The third-order valence-electron chi connectivity index (χ3n) is 4.49. The Kier molecular flexibility index (Phi) is 8.38. The maximum absolute atomic E-state index is 12.7. The molecule has 0 saturated carbocycles. The van der Waals surface area contributed by atoms with Gasteiger partial charge in [0.1, 0.15) is 5.41 Å². The molecule has 0 heterocycles. The zero-order valence-electron chi connectivity index (χ0n) is 16.1. The van der Waals surface area contributed by atoms with Crippen molar-refractivity contribution in [3.63, 3.8) is 0 Å². The zero-order chi connectivity index (χ0) is 22.0. The van der Waals surface area contributed by atoms with Crippen LogP contribution in [0.3, 0.4) is 0 Å². The lowest BCUT2D eigenvalue weighted by Gasteiger charge is -2.32. The maximum Gasteiger partial charge on any atom is 0.303 e. The van der Waals surface area contributed by atoms with E-state index in [9.17, 15) is 14.4 Å². The summed E-state index contributed by atoms with van der Waals surface area (Å²) in [6.45, 7) is 0. The van der Waals surface area contributed by atoms with Crippen molar-refractivity contribution in [2.45, 2.75) is 18.3 Å². The van der Waals surface area contributed by atoms with E-state index in [2.05, 4.69) is 12.6 Å². The lowest BCUT2D eigenvalue weighted by molar-refractivity contribution is -0.143. The van der Waals surface area contributed by atoms with Crippen LogP contribution >= 0.6 is 12.6 Å². The second-order valence-corrected chi connectivity index (χ2v) is 6.85. The number of thiol groups is 1. The first-order valence-corrected chi connectivity index (χ1v) is 9.67. The van der Waals surface area contributed by atoms with E-state index in [1.165, 1.54) is 0 Å². The highest BCUT2D eigenvalue weighted by Crippen LogP contribution is 2.40. The van der Waals surface area contributed by atoms with Crippen molar-refractivity contribution in [2.75, 3.05) is 0 Å². The van der Waals surface area contributed by atoms with Crippen LogP contribution in [0.1, 0.15) is 29.5 Å². The Bertz CT molecular complexity index is 862. The largest absolute Gasteiger partial charge is 0.481 e. The van der Waals surface area contributed by atoms with Crippen LogP contribution in [0.2, 0.25) is 0 Å². The fourth-order valence-corrected chi connectivity index (χ4v) is 3.54. The summed E-state index contributed by atoms with van der Waals surface area (Å²) in [5, 5.41) is 15.6. The van der Waals surface area contributed by atoms with E-state index < -0.39 is 17.4 Å². The molecule has 0 amide bonds. The van der Waals surface area contributed by atoms with Crippen molar-refractivity contribution in [1.29, 1.82) is 0 Å². The Balaban J connectivity index is 0.000000343. The molecule has 0 saturated heterocycles. The molecule has 0 bridgehead atoms. The summed E-state index contributed by atoms with van der Waals surface area (Å²) < 4.78 is 0. The highest BCUT2D eigenvalue weighted by atomic mass is 32.1. The standard InChI is InChI=1S/C20H16OS.C4H6O4/c21-19(22)20(16-10-4-1-5-11-16,17-12-6-2-7-13-17)18-14-8-3-9-15-18;5-3(6)1-2-4(7)8/h1-15H,(H,21,22);1-2H2,(H,5,6)(H,7,8). The van der Waals surface area contributed by atoms with Gasteiger partial charge in [-0.2, -0.15) is 0 Å². The molecule has 0 aromatic heterocycles. The Hall–Kier alpha value is -3.38. The van der Waals surface area contributed by atoms with Crippen LogP contribution in [0, 0.1) is 0 Å². The molecule has 5 nitrogen and oxygen atoms in total. The molecule has 3 aromatic rings. The van der Waals surface area contributed by atoms with E-state index in [1.54, 1.807) is 0 Å². The van der Waals surface area contributed by atoms with Crippen LogP contribution in [0.4, 0.5) is 0 Å². The smallest absolute Gasteiger partial charge is 0.303 e. The lowest BCUT2D eigenvalue weighted by Crippen LogP contribution is -2.35. The van der Waals surface area contributed by atoms with Crippen LogP contribution in [0.15, 0.2) is 91.0 Å². The van der Waals surface area contributed by atoms with Crippen molar-refractivity contribution in [3.05, 3.63) is 108 Å². The van der Waals surface area contributed by atoms with Crippen LogP contribution in [0.25, 0.3) is 0 Å². The number of aliphatic carboxylic acids is 2. The number of carbonyl (C=O) groups excluding carboxylic acids is 1. The molecule has 0 fully saturated rings. The van der Waals surface area contributed by atoms with Crippen molar-refractivity contribution in [3.8, 4) is 0 Å². The van der Waals surface area contributed by atoms with Gasteiger partial charge in [-0.05, 0) is 16.7 Å². The molecular formula is C24H22O5S. The molecule has 0 aliphatic heterocycles. The van der Waals surface area contributed by atoms with Gasteiger partial charge in [-0.15, -0.1) is 12.6 Å². The number of rotatable bonds is 7. The number of hydrogen-bond donors (Lipinski definition) is 3. The monoisotopic (exact) mass is 422 g/mol. The average molecular weight is 423 g/mol. The molecule has 154 valence electrons. The number of carbonyl (C=O) groups is 3. The Labute approximate surface area is 180 Å². The Morgan fingerprint density at radius 1 is 0.600 bits per heavy atom. The van der Waals surface area contributed by atoms with E-state index in [0.29, 0.717) is 0 Å². The molecule has 6 heteroatoms. The normalized spacial score (nSPS) is 10.4. The van der Waals surface area contributed by atoms with Crippen LogP contribution in [-0.2, 0) is 19.8 Å². The van der Waals surface area contributed by atoms with E-state index in [-0.39, 0.29) is 18.0 Å². The predicted octanol–water partition coefficient (Wildman–Crippen LogP) is 4.41. The molecule has 0 aliphatic carbocycles. The molecule has 0 aliphatic rings. The number of benzene rings is 3. The fourth-order valence-electron chi connectivity index (χ4n) is 3.15. The fraction of sp³-hybridized carbons (Fsp3) is 0.125. The van der Waals surface area contributed by atoms with Gasteiger partial charge in [0.2, 0.25) is 5.12 Å². The molecule has 3 rings (SSSR count). The van der Waals surface area contributed by atoms with Crippen LogP contribution in [0.5, 0.6) is 0 Å². The number of hydrogen-bond acceptors (Lipinski definition) is 3. The van der Waals surface area contributed by atoms with Gasteiger partial charge in [0.15, 0.2) is 0 Å². The lowest BCUT2D eigenvalue weighted by atomic mass is 9.70. The molecule has 0 spiro atoms. The summed E-state index contributed by atoms with van der Waals surface area (Å²) in [4.78, 5) is 32.0. The van der Waals surface area contributed by atoms with Gasteiger partial charge in [0.05, 0.1) is 12.8 Å². The first kappa shape index (κ1) is 22.9. The molecule has 0 radical (unpaired) electrons. The van der Waals surface area contributed by atoms with E-state index in [0.717, 1.165) is 16.7 Å². The molecule has 3 aromatic carbocycles. The minimum Gasteiger partial charge on any atom is -0.481 e. The highest BCUT2D eigenvalue weighted by molar-refractivity contribution is 7.96.